The number of thioether (sulfide) groups is 1. The van der Waals surface area contributed by atoms with Gasteiger partial charge in [-0.2, -0.15) is 11.8 Å². The number of aliphatic carboxylic acids is 1. The van der Waals surface area contributed by atoms with E-state index in [4.69, 9.17) is 5.11 Å². The number of phenols is 2. The molecule has 0 radical (unpaired) electrons. The summed E-state index contributed by atoms with van der Waals surface area (Å²) in [5.41, 5.74) is 0.501. The molecule has 1 aromatic carbocycles. The predicted octanol–water partition coefficient (Wildman–Crippen LogP) is 0.174. The Bertz CT molecular complexity index is 681. The molecule has 2 unspecified atom stereocenters. The van der Waals surface area contributed by atoms with Gasteiger partial charge in [-0.1, -0.05) is 6.07 Å². The fraction of sp³-hybridized carbons (Fsp3) is 0.438. The molecule has 2 rings (SSSR count). The molecular weight excluding hydrogens is 348 g/mol. The van der Waals surface area contributed by atoms with E-state index < -0.39 is 36.4 Å². The highest BCUT2D eigenvalue weighted by molar-refractivity contribution is 7.98. The van der Waals surface area contributed by atoms with Gasteiger partial charge in [-0.25, -0.2) is 0 Å². The van der Waals surface area contributed by atoms with Crippen molar-refractivity contribution in [2.75, 3.05) is 18.6 Å². The fourth-order valence-electron chi connectivity index (χ4n) is 2.71. The maximum atomic E-state index is 12.6. The van der Waals surface area contributed by atoms with E-state index in [0.717, 1.165) is 4.90 Å². The number of phenolic OH excluding ortho intramolecular Hbond substituents is 2. The van der Waals surface area contributed by atoms with Crippen LogP contribution in [-0.2, 0) is 20.8 Å². The molecule has 0 aromatic heterocycles. The summed E-state index contributed by atoms with van der Waals surface area (Å²) in [6.07, 6.45) is 2.34. The molecule has 0 bridgehead atoms. The Morgan fingerprint density at radius 1 is 1.28 bits per heavy atom. The van der Waals surface area contributed by atoms with E-state index in [1.165, 1.54) is 30.0 Å². The van der Waals surface area contributed by atoms with Gasteiger partial charge in [-0.15, -0.1) is 0 Å². The third-order valence-electron chi connectivity index (χ3n) is 3.96. The van der Waals surface area contributed by atoms with Crippen LogP contribution in [0.4, 0.5) is 0 Å². The Morgan fingerprint density at radius 3 is 2.60 bits per heavy atom. The second kappa shape index (κ2) is 8.11. The number of amides is 2. The molecule has 9 heteroatoms. The van der Waals surface area contributed by atoms with Crippen molar-refractivity contribution in [2.45, 2.75) is 24.9 Å². The molecule has 0 saturated carbocycles. The first-order valence-electron chi connectivity index (χ1n) is 7.66. The second-order valence-corrected chi connectivity index (χ2v) is 6.73. The summed E-state index contributed by atoms with van der Waals surface area (Å²) in [5.74, 6) is -2.04. The van der Waals surface area contributed by atoms with Crippen molar-refractivity contribution in [3.05, 3.63) is 23.8 Å². The molecule has 8 nitrogen and oxygen atoms in total. The SMILES string of the molecule is CSCCC1NC(=O)C(Cc2ccc(O)c(O)c2)N(CC(=O)O)C1=O. The van der Waals surface area contributed by atoms with Crippen LogP contribution in [0.5, 0.6) is 11.5 Å². The molecule has 4 N–H and O–H groups in total. The van der Waals surface area contributed by atoms with Crippen LogP contribution in [0, 0.1) is 0 Å². The normalized spacial score (nSPS) is 20.4. The number of carbonyl (C=O) groups excluding carboxylic acids is 2. The van der Waals surface area contributed by atoms with Crippen molar-refractivity contribution in [3.63, 3.8) is 0 Å². The van der Waals surface area contributed by atoms with Crippen LogP contribution in [0.15, 0.2) is 18.2 Å². The molecule has 1 saturated heterocycles. The first-order chi connectivity index (χ1) is 11.8. The number of rotatable bonds is 7. The summed E-state index contributed by atoms with van der Waals surface area (Å²) in [6, 6.07) is 2.34. The lowest BCUT2D eigenvalue weighted by Crippen LogP contribution is -2.64. The number of carbonyl (C=O) groups is 3. The molecule has 2 atom stereocenters. The van der Waals surface area contributed by atoms with E-state index in [2.05, 4.69) is 5.32 Å². The Hall–Kier alpha value is -2.42. The second-order valence-electron chi connectivity index (χ2n) is 5.75. The number of carboxylic acid groups (broad SMARTS) is 1. The molecule has 1 aliphatic heterocycles. The van der Waals surface area contributed by atoms with Crippen molar-refractivity contribution in [1.29, 1.82) is 0 Å². The zero-order valence-corrected chi connectivity index (χ0v) is 14.5. The van der Waals surface area contributed by atoms with E-state index in [1.807, 2.05) is 6.26 Å². The van der Waals surface area contributed by atoms with Gasteiger partial charge in [0.15, 0.2) is 11.5 Å². The summed E-state index contributed by atoms with van der Waals surface area (Å²) < 4.78 is 0. The molecule has 1 aliphatic rings. The highest BCUT2D eigenvalue weighted by atomic mass is 32.2. The van der Waals surface area contributed by atoms with Crippen LogP contribution in [0.1, 0.15) is 12.0 Å². The molecule has 25 heavy (non-hydrogen) atoms. The van der Waals surface area contributed by atoms with Crippen LogP contribution in [0.2, 0.25) is 0 Å². The maximum absolute atomic E-state index is 12.6. The first-order valence-corrected chi connectivity index (χ1v) is 9.05. The smallest absolute Gasteiger partial charge is 0.323 e. The molecule has 0 spiro atoms. The van der Waals surface area contributed by atoms with Crippen LogP contribution < -0.4 is 5.32 Å². The number of aromatic hydroxyl groups is 2. The Balaban J connectivity index is 2.24. The van der Waals surface area contributed by atoms with Gasteiger partial charge in [0.2, 0.25) is 11.8 Å². The minimum absolute atomic E-state index is 0.0357. The molecule has 1 heterocycles. The topological polar surface area (TPSA) is 127 Å². The van der Waals surface area contributed by atoms with Gasteiger partial charge in [-0.05, 0) is 36.1 Å². The van der Waals surface area contributed by atoms with Crippen LogP contribution in [-0.4, -0.2) is 68.6 Å². The van der Waals surface area contributed by atoms with Crippen molar-refractivity contribution < 1.29 is 29.7 Å². The molecule has 1 aromatic rings. The Morgan fingerprint density at radius 2 is 2.00 bits per heavy atom. The van der Waals surface area contributed by atoms with E-state index in [9.17, 15) is 24.6 Å². The van der Waals surface area contributed by atoms with Crippen molar-refractivity contribution in [1.82, 2.24) is 10.2 Å². The van der Waals surface area contributed by atoms with Gasteiger partial charge < -0.3 is 25.5 Å². The lowest BCUT2D eigenvalue weighted by molar-refractivity contribution is -0.154. The fourth-order valence-corrected chi connectivity index (χ4v) is 3.18. The highest BCUT2D eigenvalue weighted by Crippen LogP contribution is 2.26. The van der Waals surface area contributed by atoms with Gasteiger partial charge in [0.1, 0.15) is 18.6 Å². The Labute approximate surface area is 148 Å². The predicted molar refractivity (Wildman–Crippen MR) is 91.5 cm³/mol. The largest absolute Gasteiger partial charge is 0.504 e. The average molecular weight is 368 g/mol. The zero-order chi connectivity index (χ0) is 18.6. The lowest BCUT2D eigenvalue weighted by Gasteiger charge is -2.38. The summed E-state index contributed by atoms with van der Waals surface area (Å²) in [7, 11) is 0. The summed E-state index contributed by atoms with van der Waals surface area (Å²) >= 11 is 1.53. The number of hydrogen-bond acceptors (Lipinski definition) is 6. The Kier molecular flexibility index (Phi) is 6.13. The zero-order valence-electron chi connectivity index (χ0n) is 13.6. The number of piperazine rings is 1. The summed E-state index contributed by atoms with van der Waals surface area (Å²) in [4.78, 5) is 37.2. The molecule has 136 valence electrons. The molecular formula is C16H20N2O6S. The minimum atomic E-state index is -1.20. The van der Waals surface area contributed by atoms with Crippen molar-refractivity contribution >= 4 is 29.5 Å². The van der Waals surface area contributed by atoms with Gasteiger partial charge in [0, 0.05) is 6.42 Å². The summed E-state index contributed by atoms with van der Waals surface area (Å²) in [6.45, 7) is -0.573. The monoisotopic (exact) mass is 368 g/mol. The van der Waals surface area contributed by atoms with Gasteiger partial charge in [0.05, 0.1) is 0 Å². The van der Waals surface area contributed by atoms with Crippen LogP contribution in [0.3, 0.4) is 0 Å². The van der Waals surface area contributed by atoms with Crippen molar-refractivity contribution in [2.24, 2.45) is 0 Å². The number of benzene rings is 1. The van der Waals surface area contributed by atoms with Crippen LogP contribution >= 0.6 is 11.8 Å². The highest BCUT2D eigenvalue weighted by Gasteiger charge is 2.41. The first kappa shape index (κ1) is 18.9. The van der Waals surface area contributed by atoms with E-state index in [1.54, 1.807) is 0 Å². The van der Waals surface area contributed by atoms with Gasteiger partial charge in [0.25, 0.3) is 0 Å². The van der Waals surface area contributed by atoms with Gasteiger partial charge >= 0.3 is 5.97 Å². The third-order valence-corrected chi connectivity index (χ3v) is 4.61. The van der Waals surface area contributed by atoms with E-state index >= 15 is 0 Å². The average Bonchev–Trinajstić information content (AvgIpc) is 2.55. The van der Waals surface area contributed by atoms with E-state index in [-0.39, 0.29) is 17.9 Å². The van der Waals surface area contributed by atoms with Crippen LogP contribution in [0.25, 0.3) is 0 Å². The minimum Gasteiger partial charge on any atom is -0.504 e. The standard InChI is InChI=1S/C16H20N2O6S/c1-25-5-4-10-16(24)18(8-14(21)22)11(15(23)17-10)6-9-2-3-12(19)13(20)7-9/h2-3,7,10-11,19-20H,4-6,8H2,1H3,(H,17,23)(H,21,22). The van der Waals surface area contributed by atoms with Gasteiger partial charge in [-0.3, -0.25) is 14.4 Å². The van der Waals surface area contributed by atoms with Crippen molar-refractivity contribution in [3.8, 4) is 11.5 Å². The molecule has 1 fully saturated rings. The van der Waals surface area contributed by atoms with E-state index in [0.29, 0.717) is 17.7 Å². The molecule has 2 amide bonds. The third kappa shape index (κ3) is 4.56. The summed E-state index contributed by atoms with van der Waals surface area (Å²) in [5, 5.41) is 30.7. The number of carboxylic acids is 1. The molecule has 0 aliphatic carbocycles. The quantitative estimate of drug-likeness (QED) is 0.505. The number of nitrogens with zero attached hydrogens (tertiary/aromatic N) is 1. The number of hydrogen-bond donors (Lipinski definition) is 4. The number of nitrogens with one attached hydrogen (secondary N) is 1. The maximum Gasteiger partial charge on any atom is 0.323 e. The lowest BCUT2D eigenvalue weighted by atomic mass is 9.98.